The Hall–Kier alpha value is -3.49. The van der Waals surface area contributed by atoms with Gasteiger partial charge in [-0.2, -0.15) is 26.3 Å². The van der Waals surface area contributed by atoms with Crippen LogP contribution in [0.3, 0.4) is 0 Å². The average Bonchev–Trinajstić information content (AvgIpc) is 3.22. The summed E-state index contributed by atoms with van der Waals surface area (Å²) < 4.78 is 76.5. The van der Waals surface area contributed by atoms with Crippen molar-refractivity contribution in [2.75, 3.05) is 31.1 Å². The Morgan fingerprint density at radius 1 is 0.868 bits per heavy atom. The number of piperidine rings is 1. The molecule has 1 aromatic heterocycles. The maximum absolute atomic E-state index is 13.1. The van der Waals surface area contributed by atoms with E-state index in [2.05, 4.69) is 19.8 Å². The lowest BCUT2D eigenvalue weighted by Gasteiger charge is -2.40. The van der Waals surface area contributed by atoms with Crippen molar-refractivity contribution in [1.29, 1.82) is 0 Å². The fourth-order valence-corrected chi connectivity index (χ4v) is 4.18. The van der Waals surface area contributed by atoms with E-state index in [9.17, 15) is 30.7 Å². The van der Waals surface area contributed by atoms with Gasteiger partial charge in [0.2, 0.25) is 5.95 Å². The first kappa shape index (κ1) is 30.7. The van der Waals surface area contributed by atoms with Crippen molar-refractivity contribution in [3.63, 3.8) is 0 Å². The lowest BCUT2D eigenvalue weighted by atomic mass is 9.79. The number of carbonyl (C=O) groups is 2. The van der Waals surface area contributed by atoms with Gasteiger partial charge >= 0.3 is 24.3 Å². The average molecular weight is 554 g/mol. The van der Waals surface area contributed by atoms with E-state index in [1.807, 2.05) is 30.6 Å². The predicted molar refractivity (Wildman–Crippen MR) is 120 cm³/mol. The lowest BCUT2D eigenvalue weighted by molar-refractivity contribution is -0.193. The van der Waals surface area contributed by atoms with Crippen LogP contribution in [0.25, 0.3) is 0 Å². The number of hydrogen-bond donors (Lipinski definition) is 2. The summed E-state index contributed by atoms with van der Waals surface area (Å²) in [5, 5.41) is 14.2. The summed E-state index contributed by atoms with van der Waals surface area (Å²) in [4.78, 5) is 31.5. The highest BCUT2D eigenvalue weighted by Crippen LogP contribution is 2.40. The maximum Gasteiger partial charge on any atom is 0.490 e. The third-order valence-corrected chi connectivity index (χ3v) is 5.82. The molecular weight excluding hydrogens is 529 g/mol. The van der Waals surface area contributed by atoms with Gasteiger partial charge in [-0.1, -0.05) is 12.1 Å². The van der Waals surface area contributed by atoms with Gasteiger partial charge in [-0.3, -0.25) is 4.90 Å². The number of alkyl halides is 6. The molecule has 2 fully saturated rings. The molecule has 4 rings (SSSR count). The van der Waals surface area contributed by atoms with Gasteiger partial charge in [-0.05, 0) is 49.6 Å². The fraction of sp³-hybridized carbons (Fsp3) is 0.478. The number of hydrogen-bond acceptors (Lipinski definition) is 6. The van der Waals surface area contributed by atoms with Crippen molar-refractivity contribution in [2.45, 2.75) is 38.2 Å². The van der Waals surface area contributed by atoms with E-state index in [1.54, 1.807) is 12.1 Å². The Balaban J connectivity index is 0.000000301. The normalized spacial score (nSPS) is 19.7. The van der Waals surface area contributed by atoms with Gasteiger partial charge in [0, 0.05) is 44.0 Å². The monoisotopic (exact) mass is 554 g/mol. The number of rotatable bonds is 3. The summed E-state index contributed by atoms with van der Waals surface area (Å²) in [6.07, 6.45) is -2.84. The molecule has 3 heterocycles. The molecule has 0 aliphatic carbocycles. The Morgan fingerprint density at radius 2 is 1.39 bits per heavy atom. The molecule has 8 nitrogen and oxygen atoms in total. The fourth-order valence-electron chi connectivity index (χ4n) is 4.18. The van der Waals surface area contributed by atoms with Gasteiger partial charge in [-0.25, -0.2) is 23.9 Å². The minimum Gasteiger partial charge on any atom is -0.475 e. The first-order chi connectivity index (χ1) is 17.6. The molecule has 0 saturated carbocycles. The largest absolute Gasteiger partial charge is 0.490 e. The summed E-state index contributed by atoms with van der Waals surface area (Å²) in [5.74, 6) is -4.82. The Bertz CT molecular complexity index is 1030. The predicted octanol–water partition coefficient (Wildman–Crippen LogP) is 4.37. The van der Waals surface area contributed by atoms with Gasteiger partial charge in [-0.15, -0.1) is 0 Å². The smallest absolute Gasteiger partial charge is 0.475 e. The summed E-state index contributed by atoms with van der Waals surface area (Å²) in [6, 6.07) is 8.76. The molecule has 1 unspecified atom stereocenters. The number of nitrogens with zero attached hydrogens (tertiary/aromatic N) is 4. The number of carboxylic acids is 2. The number of aromatic nitrogens is 2. The van der Waals surface area contributed by atoms with E-state index in [0.717, 1.165) is 38.7 Å². The second-order valence-corrected chi connectivity index (χ2v) is 8.77. The number of anilines is 1. The molecule has 2 N–H and O–H groups in total. The van der Waals surface area contributed by atoms with Gasteiger partial charge in [0.1, 0.15) is 5.82 Å². The van der Waals surface area contributed by atoms with Crippen molar-refractivity contribution in [1.82, 2.24) is 14.9 Å². The van der Waals surface area contributed by atoms with E-state index in [-0.39, 0.29) is 5.82 Å². The molecule has 1 spiro atoms. The number of halogens is 7. The quantitative estimate of drug-likeness (QED) is 0.539. The van der Waals surface area contributed by atoms with Crippen molar-refractivity contribution in [2.24, 2.45) is 5.41 Å². The third-order valence-electron chi connectivity index (χ3n) is 5.82. The molecule has 15 heteroatoms. The van der Waals surface area contributed by atoms with Gasteiger partial charge in [0.05, 0.1) is 0 Å². The Kier molecular flexibility index (Phi) is 10.4. The van der Waals surface area contributed by atoms with Crippen LogP contribution in [0.1, 0.15) is 24.8 Å². The SMILES string of the molecule is Fc1ccc(CN2CCC3(CCCN(c4ncccn4)C3)C2)cc1.O=C(O)C(F)(F)F.O=C(O)C(F)(F)F. The lowest BCUT2D eigenvalue weighted by Crippen LogP contribution is -2.45. The highest BCUT2D eigenvalue weighted by atomic mass is 19.4. The molecule has 0 bridgehead atoms. The van der Waals surface area contributed by atoms with Crippen molar-refractivity contribution in [3.8, 4) is 0 Å². The van der Waals surface area contributed by atoms with Gasteiger partial charge in [0.25, 0.3) is 0 Å². The molecule has 2 saturated heterocycles. The van der Waals surface area contributed by atoms with Crippen molar-refractivity contribution < 1.29 is 50.5 Å². The molecule has 2 aromatic rings. The van der Waals surface area contributed by atoms with Crippen LogP contribution in [-0.2, 0) is 16.1 Å². The topological polar surface area (TPSA) is 107 Å². The highest BCUT2D eigenvalue weighted by Gasteiger charge is 2.42. The van der Waals surface area contributed by atoms with E-state index >= 15 is 0 Å². The van der Waals surface area contributed by atoms with Crippen molar-refractivity contribution in [3.05, 3.63) is 54.1 Å². The van der Waals surface area contributed by atoms with Crippen LogP contribution < -0.4 is 4.90 Å². The number of carboxylic acid groups (broad SMARTS) is 2. The summed E-state index contributed by atoms with van der Waals surface area (Å²) in [6.45, 7) is 5.21. The summed E-state index contributed by atoms with van der Waals surface area (Å²) in [7, 11) is 0. The maximum atomic E-state index is 13.1. The highest BCUT2D eigenvalue weighted by molar-refractivity contribution is 5.73. The summed E-state index contributed by atoms with van der Waals surface area (Å²) in [5.41, 5.74) is 1.53. The second kappa shape index (κ2) is 12.8. The molecule has 0 radical (unpaired) electrons. The standard InChI is InChI=1S/C19H23FN4.2C2HF3O2/c20-17-5-3-16(4-6-17)13-23-12-8-19(14-23)7-1-11-24(15-19)18-21-9-2-10-22-18;2*3-2(4,5)1(6)7/h2-6,9-10H,1,7-8,11-15H2;2*(H,6,7). The molecule has 38 heavy (non-hydrogen) atoms. The van der Waals surface area contributed by atoms with Crippen LogP contribution in [0.4, 0.5) is 36.7 Å². The van der Waals surface area contributed by atoms with Gasteiger partial charge < -0.3 is 15.1 Å². The molecule has 1 aromatic carbocycles. The van der Waals surface area contributed by atoms with E-state index < -0.39 is 24.3 Å². The number of benzene rings is 1. The minimum atomic E-state index is -5.08. The van der Waals surface area contributed by atoms with E-state index in [4.69, 9.17) is 19.8 Å². The number of aliphatic carboxylic acids is 2. The Labute approximate surface area is 212 Å². The molecular formula is C23H25F7N4O4. The molecule has 210 valence electrons. The first-order valence-corrected chi connectivity index (χ1v) is 11.2. The summed E-state index contributed by atoms with van der Waals surface area (Å²) >= 11 is 0. The zero-order valence-electron chi connectivity index (χ0n) is 19.8. The van der Waals surface area contributed by atoms with Crippen LogP contribution in [0.2, 0.25) is 0 Å². The van der Waals surface area contributed by atoms with Crippen LogP contribution in [-0.4, -0.2) is 75.6 Å². The zero-order chi connectivity index (χ0) is 28.6. The van der Waals surface area contributed by atoms with Crippen LogP contribution in [0, 0.1) is 11.2 Å². The molecule has 0 amide bonds. The van der Waals surface area contributed by atoms with E-state index in [0.29, 0.717) is 5.41 Å². The number of likely N-dealkylation sites (tertiary alicyclic amines) is 1. The second-order valence-electron chi connectivity index (χ2n) is 8.77. The first-order valence-electron chi connectivity index (χ1n) is 11.2. The van der Waals surface area contributed by atoms with Crippen LogP contribution >= 0.6 is 0 Å². The van der Waals surface area contributed by atoms with Crippen molar-refractivity contribution >= 4 is 17.9 Å². The molecule has 1 atom stereocenters. The Morgan fingerprint density at radius 3 is 1.89 bits per heavy atom. The van der Waals surface area contributed by atoms with Crippen LogP contribution in [0.5, 0.6) is 0 Å². The minimum absolute atomic E-state index is 0.164. The molecule has 2 aliphatic rings. The van der Waals surface area contributed by atoms with E-state index in [1.165, 1.54) is 24.8 Å². The third kappa shape index (κ3) is 9.76. The van der Waals surface area contributed by atoms with Gasteiger partial charge in [0.15, 0.2) is 0 Å². The zero-order valence-corrected chi connectivity index (χ0v) is 19.8. The molecule has 2 aliphatic heterocycles. The van der Waals surface area contributed by atoms with Crippen LogP contribution in [0.15, 0.2) is 42.7 Å².